The molecule has 0 spiro atoms. The summed E-state index contributed by atoms with van der Waals surface area (Å²) >= 11 is 3.48. The third-order valence-corrected chi connectivity index (χ3v) is 3.23. The molecule has 0 saturated carbocycles. The SMILES string of the molecule is C=C(C)CC(NN)c1ccc(Br)c(C)c1. The predicted molar refractivity (Wildman–Crippen MR) is 68.4 cm³/mol. The highest BCUT2D eigenvalue weighted by Crippen LogP contribution is 2.24. The summed E-state index contributed by atoms with van der Waals surface area (Å²) in [7, 11) is 0. The van der Waals surface area contributed by atoms with Crippen LogP contribution in [-0.4, -0.2) is 0 Å². The lowest BCUT2D eigenvalue weighted by Gasteiger charge is -2.17. The summed E-state index contributed by atoms with van der Waals surface area (Å²) in [6.07, 6.45) is 0.859. The Morgan fingerprint density at radius 3 is 2.73 bits per heavy atom. The van der Waals surface area contributed by atoms with Crippen molar-refractivity contribution in [2.24, 2.45) is 5.84 Å². The van der Waals surface area contributed by atoms with Crippen molar-refractivity contribution >= 4 is 15.9 Å². The van der Waals surface area contributed by atoms with Crippen molar-refractivity contribution in [3.63, 3.8) is 0 Å². The third kappa shape index (κ3) is 3.45. The second-order valence-corrected chi connectivity index (χ2v) is 4.74. The van der Waals surface area contributed by atoms with Gasteiger partial charge in [0, 0.05) is 10.5 Å². The molecule has 1 aromatic carbocycles. The van der Waals surface area contributed by atoms with Gasteiger partial charge in [-0.2, -0.15) is 0 Å². The van der Waals surface area contributed by atoms with Crippen molar-refractivity contribution in [3.05, 3.63) is 46.0 Å². The minimum absolute atomic E-state index is 0.147. The zero-order valence-electron chi connectivity index (χ0n) is 9.18. The van der Waals surface area contributed by atoms with Crippen LogP contribution in [0.2, 0.25) is 0 Å². The molecule has 0 radical (unpaired) electrons. The monoisotopic (exact) mass is 268 g/mol. The van der Waals surface area contributed by atoms with Gasteiger partial charge in [0.15, 0.2) is 0 Å². The Labute approximate surface area is 99.7 Å². The van der Waals surface area contributed by atoms with Crippen LogP contribution in [0, 0.1) is 6.92 Å². The Hall–Kier alpha value is -0.640. The zero-order chi connectivity index (χ0) is 11.4. The number of rotatable bonds is 4. The topological polar surface area (TPSA) is 38.0 Å². The molecule has 0 heterocycles. The summed E-state index contributed by atoms with van der Waals surface area (Å²) < 4.78 is 1.12. The Kier molecular flexibility index (Phi) is 4.51. The molecule has 0 amide bonds. The van der Waals surface area contributed by atoms with Gasteiger partial charge in [-0.15, -0.1) is 6.58 Å². The molecule has 0 fully saturated rings. The van der Waals surface area contributed by atoms with Crippen LogP contribution in [0.15, 0.2) is 34.8 Å². The molecule has 3 heteroatoms. The van der Waals surface area contributed by atoms with Gasteiger partial charge in [-0.25, -0.2) is 0 Å². The molecular formula is C12H17BrN2. The molecule has 82 valence electrons. The summed E-state index contributed by atoms with van der Waals surface area (Å²) in [5.74, 6) is 5.54. The van der Waals surface area contributed by atoms with Crippen LogP contribution < -0.4 is 11.3 Å². The van der Waals surface area contributed by atoms with E-state index in [1.54, 1.807) is 0 Å². The summed E-state index contributed by atoms with van der Waals surface area (Å²) in [5.41, 5.74) is 6.36. The summed E-state index contributed by atoms with van der Waals surface area (Å²) in [6.45, 7) is 7.98. The lowest BCUT2D eigenvalue weighted by Crippen LogP contribution is -2.28. The van der Waals surface area contributed by atoms with Gasteiger partial charge < -0.3 is 0 Å². The Morgan fingerprint density at radius 2 is 2.27 bits per heavy atom. The molecule has 0 bridgehead atoms. The number of benzene rings is 1. The first-order valence-corrected chi connectivity index (χ1v) is 5.70. The van der Waals surface area contributed by atoms with Gasteiger partial charge >= 0.3 is 0 Å². The van der Waals surface area contributed by atoms with Crippen LogP contribution in [0.5, 0.6) is 0 Å². The van der Waals surface area contributed by atoms with E-state index in [1.807, 2.05) is 13.0 Å². The van der Waals surface area contributed by atoms with E-state index in [2.05, 4.69) is 47.0 Å². The van der Waals surface area contributed by atoms with Gasteiger partial charge in [0.05, 0.1) is 0 Å². The van der Waals surface area contributed by atoms with E-state index in [4.69, 9.17) is 5.84 Å². The quantitative estimate of drug-likeness (QED) is 0.500. The molecule has 1 atom stereocenters. The fourth-order valence-electron chi connectivity index (χ4n) is 1.51. The highest BCUT2D eigenvalue weighted by molar-refractivity contribution is 9.10. The maximum absolute atomic E-state index is 5.54. The van der Waals surface area contributed by atoms with E-state index in [0.717, 1.165) is 16.5 Å². The van der Waals surface area contributed by atoms with Gasteiger partial charge in [0.25, 0.3) is 0 Å². The van der Waals surface area contributed by atoms with Crippen LogP contribution in [0.3, 0.4) is 0 Å². The predicted octanol–water partition coefficient (Wildman–Crippen LogP) is 3.23. The van der Waals surface area contributed by atoms with Crippen LogP contribution in [0.25, 0.3) is 0 Å². The van der Waals surface area contributed by atoms with E-state index in [1.165, 1.54) is 11.1 Å². The first-order chi connectivity index (χ1) is 7.04. The lowest BCUT2D eigenvalue weighted by atomic mass is 9.99. The highest BCUT2D eigenvalue weighted by atomic mass is 79.9. The molecule has 0 aromatic heterocycles. The standard InChI is InChI=1S/C12H17BrN2/c1-8(2)6-12(15-14)10-4-5-11(13)9(3)7-10/h4-5,7,12,15H,1,6,14H2,2-3H3. The number of halogens is 1. The number of hydrogen-bond acceptors (Lipinski definition) is 2. The van der Waals surface area contributed by atoms with Gasteiger partial charge in [0.2, 0.25) is 0 Å². The fraction of sp³-hybridized carbons (Fsp3) is 0.333. The molecule has 0 aliphatic heterocycles. The highest BCUT2D eigenvalue weighted by Gasteiger charge is 2.10. The third-order valence-electron chi connectivity index (χ3n) is 2.34. The minimum Gasteiger partial charge on any atom is -0.271 e. The smallest absolute Gasteiger partial charge is 0.0496 e. The summed E-state index contributed by atoms with van der Waals surface area (Å²) in [6, 6.07) is 6.41. The first-order valence-electron chi connectivity index (χ1n) is 4.91. The Morgan fingerprint density at radius 1 is 1.60 bits per heavy atom. The largest absolute Gasteiger partial charge is 0.271 e. The summed E-state index contributed by atoms with van der Waals surface area (Å²) in [4.78, 5) is 0. The van der Waals surface area contributed by atoms with E-state index < -0.39 is 0 Å². The van der Waals surface area contributed by atoms with Gasteiger partial charge in [-0.05, 0) is 37.5 Å². The molecule has 1 unspecified atom stereocenters. The first kappa shape index (κ1) is 12.4. The Bertz CT molecular complexity index is 361. The van der Waals surface area contributed by atoms with Crippen LogP contribution in [0.4, 0.5) is 0 Å². The van der Waals surface area contributed by atoms with E-state index in [-0.39, 0.29) is 6.04 Å². The average molecular weight is 269 g/mol. The molecule has 1 rings (SSSR count). The van der Waals surface area contributed by atoms with E-state index >= 15 is 0 Å². The normalized spacial score (nSPS) is 12.5. The fourth-order valence-corrected chi connectivity index (χ4v) is 1.75. The number of hydrazine groups is 1. The number of aryl methyl sites for hydroxylation is 1. The molecule has 2 nitrogen and oxygen atoms in total. The van der Waals surface area contributed by atoms with Gasteiger partial charge in [-0.1, -0.05) is 33.6 Å². The molecular weight excluding hydrogens is 252 g/mol. The van der Waals surface area contributed by atoms with Gasteiger partial charge in [-0.3, -0.25) is 11.3 Å². The van der Waals surface area contributed by atoms with Crippen molar-refractivity contribution in [2.45, 2.75) is 26.3 Å². The molecule has 1 aromatic rings. The number of nitrogens with two attached hydrogens (primary N) is 1. The maximum atomic E-state index is 5.54. The Balaban J connectivity index is 2.92. The number of nitrogens with one attached hydrogen (secondary N) is 1. The van der Waals surface area contributed by atoms with Crippen molar-refractivity contribution in [1.82, 2.24) is 5.43 Å². The maximum Gasteiger partial charge on any atom is 0.0496 e. The van der Waals surface area contributed by atoms with E-state index in [9.17, 15) is 0 Å². The zero-order valence-corrected chi connectivity index (χ0v) is 10.8. The summed E-state index contributed by atoms with van der Waals surface area (Å²) in [5, 5.41) is 0. The molecule has 0 saturated heterocycles. The van der Waals surface area contributed by atoms with E-state index in [0.29, 0.717) is 0 Å². The van der Waals surface area contributed by atoms with Crippen molar-refractivity contribution in [1.29, 1.82) is 0 Å². The lowest BCUT2D eigenvalue weighted by molar-refractivity contribution is 0.550. The van der Waals surface area contributed by atoms with Crippen LogP contribution >= 0.6 is 15.9 Å². The minimum atomic E-state index is 0.147. The van der Waals surface area contributed by atoms with Crippen molar-refractivity contribution in [3.8, 4) is 0 Å². The molecule has 0 aliphatic rings. The van der Waals surface area contributed by atoms with Crippen molar-refractivity contribution < 1.29 is 0 Å². The number of hydrogen-bond donors (Lipinski definition) is 2. The van der Waals surface area contributed by atoms with Gasteiger partial charge in [0.1, 0.15) is 0 Å². The average Bonchev–Trinajstić information content (AvgIpc) is 2.18. The van der Waals surface area contributed by atoms with Crippen molar-refractivity contribution in [2.75, 3.05) is 0 Å². The molecule has 3 N–H and O–H groups in total. The molecule has 15 heavy (non-hydrogen) atoms. The second-order valence-electron chi connectivity index (χ2n) is 3.89. The second kappa shape index (κ2) is 5.45. The molecule has 0 aliphatic carbocycles. The van der Waals surface area contributed by atoms with Crippen LogP contribution in [-0.2, 0) is 0 Å². The van der Waals surface area contributed by atoms with Crippen LogP contribution in [0.1, 0.15) is 30.5 Å².